The van der Waals surface area contributed by atoms with Gasteiger partial charge in [-0.05, 0) is 54.3 Å². The van der Waals surface area contributed by atoms with Gasteiger partial charge >= 0.3 is 6.03 Å². The van der Waals surface area contributed by atoms with Crippen LogP contribution >= 0.6 is 0 Å². The quantitative estimate of drug-likeness (QED) is 0.611. The molecule has 152 valence electrons. The highest BCUT2D eigenvalue weighted by Gasteiger charge is 2.34. The van der Waals surface area contributed by atoms with E-state index in [4.69, 9.17) is 4.74 Å². The van der Waals surface area contributed by atoms with Gasteiger partial charge in [-0.15, -0.1) is 0 Å². The molecule has 6 heteroatoms. The molecule has 0 fully saturated rings. The molecule has 1 atom stereocenters. The van der Waals surface area contributed by atoms with Crippen molar-refractivity contribution < 1.29 is 13.9 Å². The van der Waals surface area contributed by atoms with E-state index in [1.54, 1.807) is 19.2 Å². The number of nitrogens with one attached hydrogen (secondary N) is 2. The van der Waals surface area contributed by atoms with E-state index in [-0.39, 0.29) is 17.9 Å². The zero-order valence-electron chi connectivity index (χ0n) is 16.8. The van der Waals surface area contributed by atoms with Crippen molar-refractivity contribution >= 4 is 16.9 Å². The Balaban J connectivity index is 1.78. The van der Waals surface area contributed by atoms with Crippen LogP contribution in [0.2, 0.25) is 0 Å². The fraction of sp³-hybridized carbons (Fsp3) is 0.348. The van der Waals surface area contributed by atoms with E-state index in [9.17, 15) is 9.18 Å². The third kappa shape index (κ3) is 3.67. The summed E-state index contributed by atoms with van der Waals surface area (Å²) in [5.41, 5.74) is 4.07. The zero-order chi connectivity index (χ0) is 20.4. The number of unbranched alkanes of at least 4 members (excludes halogenated alkanes) is 1. The minimum atomic E-state index is -0.292. The molecule has 0 saturated heterocycles. The highest BCUT2D eigenvalue weighted by Crippen LogP contribution is 2.39. The molecule has 0 aliphatic carbocycles. The van der Waals surface area contributed by atoms with Crippen molar-refractivity contribution in [1.82, 2.24) is 15.2 Å². The van der Waals surface area contributed by atoms with Crippen molar-refractivity contribution in [3.05, 3.63) is 65.1 Å². The predicted octanol–water partition coefficient (Wildman–Crippen LogP) is 4.77. The summed E-state index contributed by atoms with van der Waals surface area (Å²) >= 11 is 0. The van der Waals surface area contributed by atoms with Crippen LogP contribution in [0.1, 0.15) is 42.6 Å². The molecule has 0 spiro atoms. The third-order valence-corrected chi connectivity index (χ3v) is 5.59. The minimum Gasteiger partial charge on any atom is -0.497 e. The van der Waals surface area contributed by atoms with Crippen molar-refractivity contribution in [2.24, 2.45) is 0 Å². The highest BCUT2D eigenvalue weighted by atomic mass is 19.1. The van der Waals surface area contributed by atoms with Gasteiger partial charge < -0.3 is 19.9 Å². The Kier molecular flexibility index (Phi) is 5.43. The van der Waals surface area contributed by atoms with Gasteiger partial charge in [-0.3, -0.25) is 0 Å². The lowest BCUT2D eigenvalue weighted by Gasteiger charge is -2.36. The van der Waals surface area contributed by atoms with Gasteiger partial charge in [0.25, 0.3) is 0 Å². The van der Waals surface area contributed by atoms with E-state index >= 15 is 0 Å². The fourth-order valence-electron chi connectivity index (χ4n) is 4.08. The first kappa shape index (κ1) is 19.3. The number of benzene rings is 2. The summed E-state index contributed by atoms with van der Waals surface area (Å²) in [4.78, 5) is 18.3. The summed E-state index contributed by atoms with van der Waals surface area (Å²) in [5.74, 6) is 0.516. The molecule has 0 radical (unpaired) electrons. The Morgan fingerprint density at radius 2 is 2.07 bits per heavy atom. The van der Waals surface area contributed by atoms with Gasteiger partial charge in [0.05, 0.1) is 13.2 Å². The van der Waals surface area contributed by atoms with Gasteiger partial charge in [0.1, 0.15) is 11.6 Å². The summed E-state index contributed by atoms with van der Waals surface area (Å²) in [6, 6.07) is 12.0. The fourth-order valence-corrected chi connectivity index (χ4v) is 4.08. The Hall–Kier alpha value is -3.02. The summed E-state index contributed by atoms with van der Waals surface area (Å²) in [6.45, 7) is 3.34. The van der Waals surface area contributed by atoms with Crippen molar-refractivity contribution in [2.75, 3.05) is 20.2 Å². The van der Waals surface area contributed by atoms with E-state index in [2.05, 4.69) is 17.2 Å². The molecule has 1 aliphatic rings. The predicted molar refractivity (Wildman–Crippen MR) is 112 cm³/mol. The smallest absolute Gasteiger partial charge is 0.318 e. The Morgan fingerprint density at radius 1 is 1.28 bits per heavy atom. The number of amides is 2. The zero-order valence-corrected chi connectivity index (χ0v) is 16.8. The van der Waals surface area contributed by atoms with E-state index in [1.165, 1.54) is 17.7 Å². The molecule has 5 nitrogen and oxygen atoms in total. The van der Waals surface area contributed by atoms with Crippen LogP contribution in [0.4, 0.5) is 9.18 Å². The number of hydrogen-bond donors (Lipinski definition) is 2. The first-order chi connectivity index (χ1) is 14.1. The van der Waals surface area contributed by atoms with Crippen LogP contribution in [0.15, 0.2) is 42.5 Å². The molecule has 2 N–H and O–H groups in total. The lowest BCUT2D eigenvalue weighted by Crippen LogP contribution is -2.46. The van der Waals surface area contributed by atoms with Gasteiger partial charge in [0, 0.05) is 29.7 Å². The number of H-pyrrole nitrogens is 1. The molecular weight excluding hydrogens is 369 g/mol. The SMILES string of the molecule is CCCCNC(=O)N1CCc2c([nH]c3ccc(OC)cc23)[C@@H]1c1ccc(F)cc1. The van der Waals surface area contributed by atoms with Gasteiger partial charge in [0.2, 0.25) is 0 Å². The Morgan fingerprint density at radius 3 is 2.79 bits per heavy atom. The van der Waals surface area contributed by atoms with Crippen molar-refractivity contribution in [2.45, 2.75) is 32.2 Å². The van der Waals surface area contributed by atoms with Crippen LogP contribution in [0.25, 0.3) is 10.9 Å². The largest absolute Gasteiger partial charge is 0.497 e. The van der Waals surface area contributed by atoms with Crippen molar-refractivity contribution in [1.29, 1.82) is 0 Å². The van der Waals surface area contributed by atoms with Crippen LogP contribution < -0.4 is 10.1 Å². The number of urea groups is 1. The molecule has 4 rings (SSSR count). The van der Waals surface area contributed by atoms with Crippen LogP contribution in [0.3, 0.4) is 0 Å². The molecule has 1 aliphatic heterocycles. The first-order valence-electron chi connectivity index (χ1n) is 10.1. The van der Waals surface area contributed by atoms with Crippen LogP contribution in [-0.4, -0.2) is 36.1 Å². The number of carbonyl (C=O) groups is 1. The Bertz CT molecular complexity index is 1010. The standard InChI is InChI=1S/C23H26FN3O2/c1-3-4-12-25-23(28)27-13-11-18-19-14-17(29-2)9-10-20(19)26-21(18)22(27)15-5-7-16(24)8-6-15/h5-10,14,22,26H,3-4,11-13H2,1-2H3,(H,25,28)/t22-/m0/s1. The number of methoxy groups -OCH3 is 1. The van der Waals surface area contributed by atoms with E-state index < -0.39 is 0 Å². The molecule has 3 aromatic rings. The molecule has 2 aromatic carbocycles. The van der Waals surface area contributed by atoms with Crippen LogP contribution in [0.5, 0.6) is 5.75 Å². The summed E-state index contributed by atoms with van der Waals surface area (Å²) < 4.78 is 18.9. The highest BCUT2D eigenvalue weighted by molar-refractivity contribution is 5.87. The van der Waals surface area contributed by atoms with Crippen molar-refractivity contribution in [3.8, 4) is 5.75 Å². The van der Waals surface area contributed by atoms with Gasteiger partial charge in [-0.25, -0.2) is 9.18 Å². The number of fused-ring (bicyclic) bond motifs is 3. The summed E-state index contributed by atoms with van der Waals surface area (Å²) in [5, 5.41) is 4.14. The number of ether oxygens (including phenoxy) is 1. The molecular formula is C23H26FN3O2. The number of aromatic nitrogens is 1. The average Bonchev–Trinajstić information content (AvgIpc) is 3.11. The van der Waals surface area contributed by atoms with E-state index in [1.807, 2.05) is 23.1 Å². The van der Waals surface area contributed by atoms with E-state index in [0.29, 0.717) is 13.1 Å². The number of rotatable bonds is 5. The van der Waals surface area contributed by atoms with Crippen molar-refractivity contribution in [3.63, 3.8) is 0 Å². The average molecular weight is 395 g/mol. The van der Waals surface area contributed by atoms with Crippen LogP contribution in [0, 0.1) is 5.82 Å². The lowest BCUT2D eigenvalue weighted by atomic mass is 9.92. The monoisotopic (exact) mass is 395 g/mol. The molecule has 1 aromatic heterocycles. The number of nitrogens with zero attached hydrogens (tertiary/aromatic N) is 1. The number of hydrogen-bond acceptors (Lipinski definition) is 2. The summed E-state index contributed by atoms with van der Waals surface area (Å²) in [6.07, 6.45) is 2.72. The molecule has 2 heterocycles. The number of carbonyl (C=O) groups excluding carboxylic acids is 1. The normalized spacial score (nSPS) is 16.0. The number of halogens is 1. The second-order valence-corrected chi connectivity index (χ2v) is 7.41. The molecule has 29 heavy (non-hydrogen) atoms. The minimum absolute atomic E-state index is 0.0883. The second-order valence-electron chi connectivity index (χ2n) is 7.41. The first-order valence-corrected chi connectivity index (χ1v) is 10.1. The number of aromatic amines is 1. The molecule has 0 bridgehead atoms. The lowest BCUT2D eigenvalue weighted by molar-refractivity contribution is 0.179. The molecule has 2 amide bonds. The Labute approximate surface area is 169 Å². The van der Waals surface area contributed by atoms with Gasteiger partial charge in [0.15, 0.2) is 0 Å². The molecule has 0 saturated carbocycles. The topological polar surface area (TPSA) is 57.4 Å². The second kappa shape index (κ2) is 8.15. The summed E-state index contributed by atoms with van der Waals surface area (Å²) in [7, 11) is 1.66. The maximum atomic E-state index is 13.5. The third-order valence-electron chi connectivity index (χ3n) is 5.59. The maximum absolute atomic E-state index is 13.5. The molecule has 0 unspecified atom stereocenters. The maximum Gasteiger partial charge on any atom is 0.318 e. The van der Waals surface area contributed by atoms with Crippen LogP contribution in [-0.2, 0) is 6.42 Å². The van der Waals surface area contributed by atoms with E-state index in [0.717, 1.165) is 47.2 Å². The van der Waals surface area contributed by atoms with Gasteiger partial charge in [-0.2, -0.15) is 0 Å². The van der Waals surface area contributed by atoms with Gasteiger partial charge in [-0.1, -0.05) is 25.5 Å².